The molecule has 0 heterocycles. The number of hydrogen-bond acceptors (Lipinski definition) is 3. The zero-order valence-corrected chi connectivity index (χ0v) is 14.8. The van der Waals surface area contributed by atoms with Crippen LogP contribution in [0.25, 0.3) is 0 Å². The Morgan fingerprint density at radius 2 is 1.77 bits per heavy atom. The number of benzene rings is 2. The van der Waals surface area contributed by atoms with Crippen molar-refractivity contribution in [2.24, 2.45) is 0 Å². The first-order chi connectivity index (χ1) is 12.3. The van der Waals surface area contributed by atoms with E-state index in [-0.39, 0.29) is 5.91 Å². The molecule has 2 amide bonds. The fourth-order valence-electron chi connectivity index (χ4n) is 2.40. The van der Waals surface area contributed by atoms with Gasteiger partial charge in [-0.3, -0.25) is 14.4 Å². The number of carbonyl (C=O) groups excluding carboxylic acids is 2. The summed E-state index contributed by atoms with van der Waals surface area (Å²) >= 11 is 0. The molecular weight excluding hydrogens is 332 g/mol. The number of hydrogen-bond donors (Lipinski definition) is 3. The topological polar surface area (TPSA) is 95.5 Å². The molecule has 6 nitrogen and oxygen atoms in total. The number of rotatable bonds is 7. The van der Waals surface area contributed by atoms with Crippen LogP contribution in [-0.2, 0) is 16.0 Å². The normalized spacial score (nSPS) is 11.5. The van der Waals surface area contributed by atoms with E-state index in [2.05, 4.69) is 16.7 Å². The number of carbonyl (C=O) groups is 3. The van der Waals surface area contributed by atoms with Crippen LogP contribution in [0.2, 0.25) is 0 Å². The van der Waals surface area contributed by atoms with Crippen molar-refractivity contribution in [1.29, 1.82) is 0 Å². The van der Waals surface area contributed by atoms with Gasteiger partial charge >= 0.3 is 5.97 Å². The molecule has 0 saturated heterocycles. The van der Waals surface area contributed by atoms with Gasteiger partial charge in [-0.15, -0.1) is 0 Å². The van der Waals surface area contributed by atoms with Gasteiger partial charge in [0.05, 0.1) is 0 Å². The SMILES string of the molecule is Cc1cccc(CCC(=O)Nc2ccc(C(=O)NC(C)C(=O)O)cc2)c1. The number of carboxylic acids is 1. The quantitative estimate of drug-likeness (QED) is 0.712. The predicted octanol–water partition coefficient (Wildman–Crippen LogP) is 2.77. The molecule has 0 bridgehead atoms. The first-order valence-electron chi connectivity index (χ1n) is 8.34. The Labute approximate surface area is 152 Å². The molecule has 0 spiro atoms. The average Bonchev–Trinajstić information content (AvgIpc) is 2.60. The second-order valence-corrected chi connectivity index (χ2v) is 6.15. The summed E-state index contributed by atoms with van der Waals surface area (Å²) in [5.41, 5.74) is 3.19. The number of aliphatic carboxylic acids is 1. The van der Waals surface area contributed by atoms with E-state index in [1.54, 1.807) is 24.3 Å². The van der Waals surface area contributed by atoms with E-state index in [0.29, 0.717) is 24.1 Å². The summed E-state index contributed by atoms with van der Waals surface area (Å²) in [5.74, 6) is -1.68. The maximum Gasteiger partial charge on any atom is 0.325 e. The van der Waals surface area contributed by atoms with E-state index < -0.39 is 17.9 Å². The Morgan fingerprint density at radius 1 is 1.08 bits per heavy atom. The van der Waals surface area contributed by atoms with Crippen LogP contribution in [0.1, 0.15) is 34.8 Å². The zero-order valence-electron chi connectivity index (χ0n) is 14.8. The molecule has 3 N–H and O–H groups in total. The zero-order chi connectivity index (χ0) is 19.1. The maximum absolute atomic E-state index is 12.1. The van der Waals surface area contributed by atoms with Crippen molar-refractivity contribution in [1.82, 2.24) is 5.32 Å². The molecule has 0 aliphatic heterocycles. The van der Waals surface area contributed by atoms with Crippen LogP contribution in [0.3, 0.4) is 0 Å². The highest BCUT2D eigenvalue weighted by molar-refractivity contribution is 5.97. The minimum Gasteiger partial charge on any atom is -0.480 e. The monoisotopic (exact) mass is 354 g/mol. The van der Waals surface area contributed by atoms with Gasteiger partial charge in [0, 0.05) is 17.7 Å². The molecule has 0 fully saturated rings. The van der Waals surface area contributed by atoms with Gasteiger partial charge < -0.3 is 15.7 Å². The molecule has 0 aromatic heterocycles. The minimum absolute atomic E-state index is 0.108. The molecule has 2 aromatic rings. The Hall–Kier alpha value is -3.15. The highest BCUT2D eigenvalue weighted by Crippen LogP contribution is 2.12. The Kier molecular flexibility index (Phi) is 6.49. The molecule has 26 heavy (non-hydrogen) atoms. The molecule has 1 unspecified atom stereocenters. The molecule has 0 radical (unpaired) electrons. The van der Waals surface area contributed by atoms with Crippen molar-refractivity contribution in [3.05, 3.63) is 65.2 Å². The van der Waals surface area contributed by atoms with Crippen LogP contribution in [0.5, 0.6) is 0 Å². The van der Waals surface area contributed by atoms with Crippen LogP contribution in [0.15, 0.2) is 48.5 Å². The molecule has 2 aromatic carbocycles. The molecule has 6 heteroatoms. The molecular formula is C20H22N2O4. The lowest BCUT2D eigenvalue weighted by atomic mass is 10.1. The number of anilines is 1. The van der Waals surface area contributed by atoms with Gasteiger partial charge in [0.2, 0.25) is 5.91 Å². The van der Waals surface area contributed by atoms with Gasteiger partial charge in [-0.05, 0) is 50.1 Å². The number of aryl methyl sites for hydroxylation is 2. The van der Waals surface area contributed by atoms with Crippen molar-refractivity contribution in [2.75, 3.05) is 5.32 Å². The van der Waals surface area contributed by atoms with Crippen molar-refractivity contribution in [3.63, 3.8) is 0 Å². The third-order valence-electron chi connectivity index (χ3n) is 3.87. The van der Waals surface area contributed by atoms with Crippen LogP contribution >= 0.6 is 0 Å². The Bertz CT molecular complexity index is 800. The van der Waals surface area contributed by atoms with Gasteiger partial charge in [-0.25, -0.2) is 0 Å². The molecule has 0 saturated carbocycles. The van der Waals surface area contributed by atoms with E-state index in [4.69, 9.17) is 5.11 Å². The molecule has 136 valence electrons. The maximum atomic E-state index is 12.1. The van der Waals surface area contributed by atoms with E-state index in [0.717, 1.165) is 11.1 Å². The summed E-state index contributed by atoms with van der Waals surface area (Å²) in [6, 6.07) is 13.4. The van der Waals surface area contributed by atoms with Crippen LogP contribution in [0, 0.1) is 6.92 Å². The van der Waals surface area contributed by atoms with Crippen molar-refractivity contribution in [2.45, 2.75) is 32.7 Å². The molecule has 0 aliphatic rings. The fourth-order valence-corrected chi connectivity index (χ4v) is 2.40. The number of carboxylic acid groups (broad SMARTS) is 1. The molecule has 0 aliphatic carbocycles. The summed E-state index contributed by atoms with van der Waals surface area (Å²) in [5, 5.41) is 14.0. The van der Waals surface area contributed by atoms with Crippen molar-refractivity contribution < 1.29 is 19.5 Å². The van der Waals surface area contributed by atoms with E-state index in [9.17, 15) is 14.4 Å². The first-order valence-corrected chi connectivity index (χ1v) is 8.34. The largest absolute Gasteiger partial charge is 0.480 e. The first kappa shape index (κ1) is 19.2. The lowest BCUT2D eigenvalue weighted by Crippen LogP contribution is -2.38. The van der Waals surface area contributed by atoms with Gasteiger partial charge in [-0.2, -0.15) is 0 Å². The smallest absolute Gasteiger partial charge is 0.325 e. The summed E-state index contributed by atoms with van der Waals surface area (Å²) in [6.45, 7) is 3.40. The van der Waals surface area contributed by atoms with E-state index in [1.807, 2.05) is 25.1 Å². The minimum atomic E-state index is -1.10. The second-order valence-electron chi connectivity index (χ2n) is 6.15. The third-order valence-corrected chi connectivity index (χ3v) is 3.87. The van der Waals surface area contributed by atoms with E-state index in [1.165, 1.54) is 6.92 Å². The lowest BCUT2D eigenvalue weighted by molar-refractivity contribution is -0.138. The summed E-state index contributed by atoms with van der Waals surface area (Å²) in [6.07, 6.45) is 1.02. The van der Waals surface area contributed by atoms with Gasteiger partial charge in [0.15, 0.2) is 0 Å². The highest BCUT2D eigenvalue weighted by atomic mass is 16.4. The number of nitrogens with one attached hydrogen (secondary N) is 2. The van der Waals surface area contributed by atoms with Gasteiger partial charge in [0.1, 0.15) is 6.04 Å². The lowest BCUT2D eigenvalue weighted by Gasteiger charge is -2.10. The summed E-state index contributed by atoms with van der Waals surface area (Å²) < 4.78 is 0. The summed E-state index contributed by atoms with van der Waals surface area (Å²) in [4.78, 5) is 34.7. The summed E-state index contributed by atoms with van der Waals surface area (Å²) in [7, 11) is 0. The van der Waals surface area contributed by atoms with E-state index >= 15 is 0 Å². The predicted molar refractivity (Wildman–Crippen MR) is 99.1 cm³/mol. The Balaban J connectivity index is 1.87. The van der Waals surface area contributed by atoms with Gasteiger partial charge in [-0.1, -0.05) is 29.8 Å². The van der Waals surface area contributed by atoms with Gasteiger partial charge in [0.25, 0.3) is 5.91 Å². The van der Waals surface area contributed by atoms with Crippen molar-refractivity contribution in [3.8, 4) is 0 Å². The highest BCUT2D eigenvalue weighted by Gasteiger charge is 2.15. The van der Waals surface area contributed by atoms with Crippen LogP contribution in [0.4, 0.5) is 5.69 Å². The average molecular weight is 354 g/mol. The van der Waals surface area contributed by atoms with Crippen LogP contribution in [-0.4, -0.2) is 28.9 Å². The molecule has 1 atom stereocenters. The Morgan fingerprint density at radius 3 is 2.38 bits per heavy atom. The number of amides is 2. The molecule has 2 rings (SSSR count). The third kappa shape index (κ3) is 5.73. The fraction of sp³-hybridized carbons (Fsp3) is 0.250. The van der Waals surface area contributed by atoms with Crippen molar-refractivity contribution >= 4 is 23.5 Å². The standard InChI is InChI=1S/C20H22N2O4/c1-13-4-3-5-15(12-13)6-11-18(23)22-17-9-7-16(8-10-17)19(24)21-14(2)20(25)26/h3-5,7-10,12,14H,6,11H2,1-2H3,(H,21,24)(H,22,23)(H,25,26). The van der Waals surface area contributed by atoms with Crippen LogP contribution < -0.4 is 10.6 Å². The second kappa shape index (κ2) is 8.80.